The van der Waals surface area contributed by atoms with Crippen LogP contribution in [0.5, 0.6) is 0 Å². The highest BCUT2D eigenvalue weighted by atomic mass is 35.6. The summed E-state index contributed by atoms with van der Waals surface area (Å²) in [5.41, 5.74) is 3.90. The van der Waals surface area contributed by atoms with E-state index in [0.717, 1.165) is 22.3 Å². The van der Waals surface area contributed by atoms with Gasteiger partial charge in [-0.2, -0.15) is 0 Å². The van der Waals surface area contributed by atoms with E-state index in [1.54, 1.807) is 44.2 Å². The average Bonchev–Trinajstić information content (AvgIpc) is 3.88. The Morgan fingerprint density at radius 1 is 0.603 bits per heavy atom. The van der Waals surface area contributed by atoms with Crippen molar-refractivity contribution in [3.63, 3.8) is 0 Å². The van der Waals surface area contributed by atoms with E-state index in [1.165, 1.54) is 0 Å². The zero-order valence-electron chi connectivity index (χ0n) is 37.5. The number of nitrogens with one attached hydrogen (secondary N) is 1. The number of carbonyl (C=O) groups is 1. The summed E-state index contributed by atoms with van der Waals surface area (Å²) in [6.45, 7) is 4.41. The molecule has 0 unspecified atom stereocenters. The van der Waals surface area contributed by atoms with Gasteiger partial charge in [-0.05, 0) is 48.2 Å². The van der Waals surface area contributed by atoms with Crippen molar-refractivity contribution in [1.82, 2.24) is 0 Å². The minimum Gasteiger partial charge on any atom is -0.449 e. The molecule has 5 aromatic carbocycles. The molecule has 3 heterocycles. The van der Waals surface area contributed by atoms with E-state index < -0.39 is 82.9 Å². The molecule has 8 rings (SSSR count). The second kappa shape index (κ2) is 23.4. The van der Waals surface area contributed by atoms with Crippen molar-refractivity contribution in [2.24, 2.45) is 0 Å². The van der Waals surface area contributed by atoms with Gasteiger partial charge in [0.1, 0.15) is 42.7 Å². The zero-order valence-corrected chi connectivity index (χ0v) is 39.8. The van der Waals surface area contributed by atoms with Gasteiger partial charge in [-0.1, -0.05) is 174 Å². The third-order valence-corrected chi connectivity index (χ3v) is 12.0. The maximum Gasteiger partial charge on any atom is 0.338 e. The molecule has 0 radical (unpaired) electrons. The SMILES string of the molecule is CC1(C)OC[C@H]([C@@H]2O[C@@H](OC(=N)C(Cl)(Cl)Cl)[C@H](OC(=O)c3ccccc3)[C@H]2O[C@H]2O[C@H](COCc3ccccc3)[C@H](OCc3ccccc3)[C@H](OCc3ccccc3)[C@H]2OCc2ccccc2)O1. The van der Waals surface area contributed by atoms with Crippen LogP contribution in [0.25, 0.3) is 0 Å². The third-order valence-electron chi connectivity index (χ3n) is 11.5. The van der Waals surface area contributed by atoms with Crippen LogP contribution in [0.15, 0.2) is 152 Å². The normalized spacial score (nSPS) is 26.8. The molecule has 3 saturated heterocycles. The summed E-state index contributed by atoms with van der Waals surface area (Å²) >= 11 is 18.4. The number of ether oxygens (including phenoxy) is 11. The molecule has 0 amide bonds. The fourth-order valence-corrected chi connectivity index (χ4v) is 8.29. The molecule has 68 heavy (non-hydrogen) atoms. The Balaban J connectivity index is 1.20. The molecule has 0 saturated carbocycles. The Bertz CT molecular complexity index is 2330. The van der Waals surface area contributed by atoms with Gasteiger partial charge in [-0.25, -0.2) is 4.79 Å². The average molecular weight is 991 g/mol. The van der Waals surface area contributed by atoms with Crippen molar-refractivity contribution in [2.45, 2.75) is 111 Å². The van der Waals surface area contributed by atoms with E-state index in [2.05, 4.69) is 0 Å². The number of carbonyl (C=O) groups excluding carboxylic acids is 1. The molecule has 360 valence electrons. The Labute approximate surface area is 411 Å². The quantitative estimate of drug-likeness (QED) is 0.0365. The van der Waals surface area contributed by atoms with Crippen molar-refractivity contribution in [2.75, 3.05) is 13.2 Å². The lowest BCUT2D eigenvalue weighted by Crippen LogP contribution is -2.63. The van der Waals surface area contributed by atoms with Crippen molar-refractivity contribution in [3.8, 4) is 0 Å². The van der Waals surface area contributed by atoms with Crippen LogP contribution in [0.1, 0.15) is 46.5 Å². The molecule has 5 aromatic rings. The molecule has 10 atom stereocenters. The summed E-state index contributed by atoms with van der Waals surface area (Å²) in [4.78, 5) is 14.0. The second-order valence-electron chi connectivity index (χ2n) is 16.9. The minimum atomic E-state index is -2.30. The van der Waals surface area contributed by atoms with Crippen molar-refractivity contribution in [1.29, 1.82) is 5.41 Å². The first-order valence-corrected chi connectivity index (χ1v) is 23.5. The van der Waals surface area contributed by atoms with E-state index in [-0.39, 0.29) is 45.2 Å². The van der Waals surface area contributed by atoms with Crippen LogP contribution >= 0.6 is 34.8 Å². The minimum absolute atomic E-state index is 0.0434. The van der Waals surface area contributed by atoms with Gasteiger partial charge in [-0.3, -0.25) is 5.41 Å². The summed E-state index contributed by atoms with van der Waals surface area (Å²) < 4.78 is 70.1. The van der Waals surface area contributed by atoms with Gasteiger partial charge in [-0.15, -0.1) is 0 Å². The van der Waals surface area contributed by atoms with Crippen molar-refractivity contribution >= 4 is 46.7 Å². The first-order valence-electron chi connectivity index (χ1n) is 22.3. The van der Waals surface area contributed by atoms with Crippen LogP contribution in [-0.2, 0) is 78.5 Å². The zero-order chi connectivity index (χ0) is 47.5. The fraction of sp³-hybridized carbons (Fsp3) is 0.385. The predicted molar refractivity (Wildman–Crippen MR) is 253 cm³/mol. The first kappa shape index (κ1) is 50.0. The van der Waals surface area contributed by atoms with Crippen molar-refractivity contribution in [3.05, 3.63) is 179 Å². The highest BCUT2D eigenvalue weighted by Gasteiger charge is 2.59. The lowest BCUT2D eigenvalue weighted by Gasteiger charge is -2.47. The van der Waals surface area contributed by atoms with Crippen LogP contribution in [0.3, 0.4) is 0 Å². The maximum atomic E-state index is 14.0. The number of alkyl halides is 3. The van der Waals surface area contributed by atoms with E-state index in [0.29, 0.717) is 0 Å². The molecule has 16 heteroatoms. The highest BCUT2D eigenvalue weighted by molar-refractivity contribution is 6.76. The van der Waals surface area contributed by atoms with Crippen LogP contribution in [0, 0.1) is 5.41 Å². The summed E-state index contributed by atoms with van der Waals surface area (Å²) in [6.07, 6.45) is -10.9. The lowest BCUT2D eigenvalue weighted by molar-refractivity contribution is -0.342. The first-order chi connectivity index (χ1) is 32.9. The van der Waals surface area contributed by atoms with Crippen molar-refractivity contribution < 1.29 is 56.9 Å². The summed E-state index contributed by atoms with van der Waals surface area (Å²) in [5, 5.41) is 8.56. The number of halogens is 3. The largest absolute Gasteiger partial charge is 0.449 e. The molecule has 0 aliphatic carbocycles. The van der Waals surface area contributed by atoms with E-state index in [4.69, 9.17) is 92.3 Å². The molecule has 1 N–H and O–H groups in total. The molecular formula is C52H54Cl3NO12. The summed E-state index contributed by atoms with van der Waals surface area (Å²) in [6, 6.07) is 47.4. The summed E-state index contributed by atoms with van der Waals surface area (Å²) in [7, 11) is 0. The lowest BCUT2D eigenvalue weighted by atomic mass is 9.97. The number of hydrogen-bond acceptors (Lipinski definition) is 13. The Kier molecular flexibility index (Phi) is 17.2. The van der Waals surface area contributed by atoms with Crippen LogP contribution < -0.4 is 0 Å². The number of hydrogen-bond donors (Lipinski definition) is 1. The number of rotatable bonds is 19. The Morgan fingerprint density at radius 2 is 1.09 bits per heavy atom. The smallest absolute Gasteiger partial charge is 0.338 e. The number of esters is 1. The number of benzene rings is 5. The topological polar surface area (TPSA) is 142 Å². The van der Waals surface area contributed by atoms with Gasteiger partial charge in [0, 0.05) is 0 Å². The highest BCUT2D eigenvalue weighted by Crippen LogP contribution is 2.40. The van der Waals surface area contributed by atoms with Gasteiger partial charge < -0.3 is 52.1 Å². The van der Waals surface area contributed by atoms with E-state index in [9.17, 15) is 4.79 Å². The molecule has 3 fully saturated rings. The van der Waals surface area contributed by atoms with Crippen LogP contribution in [0.4, 0.5) is 0 Å². The maximum absolute atomic E-state index is 14.0. The third kappa shape index (κ3) is 13.4. The van der Waals surface area contributed by atoms with Crippen LogP contribution in [-0.4, -0.2) is 96.1 Å². The Hall–Kier alpha value is -4.45. The van der Waals surface area contributed by atoms with E-state index >= 15 is 0 Å². The molecule has 3 aliphatic heterocycles. The molecule has 13 nitrogen and oxygen atoms in total. The van der Waals surface area contributed by atoms with E-state index in [1.807, 2.05) is 121 Å². The monoisotopic (exact) mass is 989 g/mol. The van der Waals surface area contributed by atoms with Gasteiger partial charge in [0.2, 0.25) is 12.2 Å². The van der Waals surface area contributed by atoms with Crippen LogP contribution in [0.2, 0.25) is 0 Å². The molecule has 0 spiro atoms. The van der Waals surface area contributed by atoms with Gasteiger partial charge in [0.25, 0.3) is 3.79 Å². The second-order valence-corrected chi connectivity index (χ2v) is 19.2. The fourth-order valence-electron chi connectivity index (χ4n) is 8.16. The molecular weight excluding hydrogens is 937 g/mol. The predicted octanol–water partition coefficient (Wildman–Crippen LogP) is 9.54. The summed E-state index contributed by atoms with van der Waals surface area (Å²) in [5.74, 6) is -2.54. The molecule has 0 bridgehead atoms. The van der Waals surface area contributed by atoms with Gasteiger partial charge in [0.15, 0.2) is 18.2 Å². The Morgan fingerprint density at radius 3 is 1.59 bits per heavy atom. The molecule has 0 aromatic heterocycles. The standard InChI is InChI=1S/C52H54Cl3NO12/c1-51(2)62-33-40(68-51)42-44(46(49(65-42)67-50(56)52(53,54)55)64-47(57)38-26-16-7-17-27-38)66-48-45(61-31-37-24-14-6-15-25-37)43(60-30-36-22-12-5-13-23-36)41(59-29-35-20-10-4-11-21-35)39(63-48)32-58-28-34-18-8-3-9-19-34/h3-27,39-46,48-49,56H,28-33H2,1-2H3/t39-,40-,41+,42+,43+,44+,45-,46-,48-,49+/m1/s1. The van der Waals surface area contributed by atoms with Gasteiger partial charge in [0.05, 0.1) is 45.2 Å². The molecule has 3 aliphatic rings. The van der Waals surface area contributed by atoms with Gasteiger partial charge >= 0.3 is 5.97 Å².